The number of carbonyl (C=O) groups excluding carboxylic acids is 1. The number of likely N-dealkylation sites (N-methyl/N-ethyl adjacent to an activating group) is 1. The topological polar surface area (TPSA) is 65.4 Å². The van der Waals surface area contributed by atoms with E-state index < -0.39 is 0 Å². The smallest absolute Gasteiger partial charge is 0.238 e. The van der Waals surface area contributed by atoms with E-state index >= 15 is 0 Å². The van der Waals surface area contributed by atoms with Gasteiger partial charge in [-0.3, -0.25) is 9.69 Å². The summed E-state index contributed by atoms with van der Waals surface area (Å²) < 4.78 is 5.04. The normalized spacial score (nSPS) is 11.7. The molecule has 1 rings (SSSR count). The van der Waals surface area contributed by atoms with Crippen LogP contribution in [0.4, 0.5) is 5.69 Å². The van der Waals surface area contributed by atoms with Gasteiger partial charge < -0.3 is 10.1 Å². The lowest BCUT2D eigenvalue weighted by Crippen LogP contribution is -2.32. The molecule has 1 aromatic carbocycles. The average molecular weight is 261 g/mol. The van der Waals surface area contributed by atoms with Crippen molar-refractivity contribution in [3.05, 3.63) is 24.3 Å². The molecule has 0 saturated heterocycles. The molecule has 0 radical (unpaired) electrons. The molecule has 0 spiro atoms. The molecular weight excluding hydrogens is 242 g/mol. The lowest BCUT2D eigenvalue weighted by molar-refractivity contribution is -0.117. The minimum Gasteiger partial charge on any atom is -0.497 e. The van der Waals surface area contributed by atoms with E-state index in [4.69, 9.17) is 10.00 Å². The number of benzene rings is 1. The van der Waals surface area contributed by atoms with Crippen LogP contribution in [-0.2, 0) is 4.79 Å². The monoisotopic (exact) mass is 261 g/mol. The zero-order chi connectivity index (χ0) is 14.3. The van der Waals surface area contributed by atoms with E-state index in [1.807, 2.05) is 18.9 Å². The van der Waals surface area contributed by atoms with Crippen molar-refractivity contribution in [1.29, 1.82) is 5.26 Å². The van der Waals surface area contributed by atoms with Crippen LogP contribution in [0.3, 0.4) is 0 Å². The van der Waals surface area contributed by atoms with Crippen molar-refractivity contribution in [2.45, 2.75) is 6.92 Å². The van der Waals surface area contributed by atoms with Gasteiger partial charge in [0.25, 0.3) is 0 Å². The summed E-state index contributed by atoms with van der Waals surface area (Å²) in [7, 11) is 3.42. The van der Waals surface area contributed by atoms with Gasteiger partial charge in [-0.1, -0.05) is 0 Å². The third-order valence-electron chi connectivity index (χ3n) is 2.59. The van der Waals surface area contributed by atoms with E-state index in [0.29, 0.717) is 6.54 Å². The summed E-state index contributed by atoms with van der Waals surface area (Å²) in [6.45, 7) is 2.67. The zero-order valence-corrected chi connectivity index (χ0v) is 11.5. The first-order valence-electron chi connectivity index (χ1n) is 6.07. The van der Waals surface area contributed by atoms with Gasteiger partial charge in [0.1, 0.15) is 5.75 Å². The number of ether oxygens (including phenoxy) is 1. The zero-order valence-electron chi connectivity index (χ0n) is 11.5. The number of nitrogens with one attached hydrogen (secondary N) is 1. The highest BCUT2D eigenvalue weighted by atomic mass is 16.5. The molecule has 0 aromatic heterocycles. The molecule has 0 heterocycles. The third-order valence-corrected chi connectivity index (χ3v) is 2.59. The summed E-state index contributed by atoms with van der Waals surface area (Å²) >= 11 is 0. The molecule has 0 aliphatic heterocycles. The Morgan fingerprint density at radius 1 is 1.47 bits per heavy atom. The fraction of sp³-hybridized carbons (Fsp3) is 0.429. The largest absolute Gasteiger partial charge is 0.497 e. The number of nitriles is 1. The fourth-order valence-electron chi connectivity index (χ4n) is 1.69. The SMILES string of the molecule is COc1ccc(NC(=O)CN(C)C[C@H](C)C#N)cc1. The van der Waals surface area contributed by atoms with E-state index in [2.05, 4.69) is 11.4 Å². The van der Waals surface area contributed by atoms with E-state index in [1.165, 1.54) is 0 Å². The maximum atomic E-state index is 11.8. The van der Waals surface area contributed by atoms with Crippen LogP contribution in [0.15, 0.2) is 24.3 Å². The summed E-state index contributed by atoms with van der Waals surface area (Å²) in [6, 6.07) is 9.29. The maximum Gasteiger partial charge on any atom is 0.238 e. The number of nitrogens with zero attached hydrogens (tertiary/aromatic N) is 2. The Hall–Kier alpha value is -2.06. The fourth-order valence-corrected chi connectivity index (χ4v) is 1.69. The molecule has 1 atom stereocenters. The van der Waals surface area contributed by atoms with E-state index in [1.54, 1.807) is 31.4 Å². The Bertz CT molecular complexity index is 451. The number of anilines is 1. The second-order valence-corrected chi connectivity index (χ2v) is 4.50. The van der Waals surface area contributed by atoms with Gasteiger partial charge in [0, 0.05) is 12.2 Å². The van der Waals surface area contributed by atoms with Crippen molar-refractivity contribution in [3.8, 4) is 11.8 Å². The van der Waals surface area contributed by atoms with Crippen LogP contribution in [0.25, 0.3) is 0 Å². The molecule has 0 fully saturated rings. The highest BCUT2D eigenvalue weighted by Gasteiger charge is 2.10. The van der Waals surface area contributed by atoms with Gasteiger partial charge in [-0.25, -0.2) is 0 Å². The molecule has 0 aliphatic rings. The lowest BCUT2D eigenvalue weighted by Gasteiger charge is -2.17. The molecule has 5 heteroatoms. The molecule has 102 valence electrons. The Kier molecular flexibility index (Phi) is 5.83. The molecule has 5 nitrogen and oxygen atoms in total. The molecular formula is C14H19N3O2. The number of hydrogen-bond donors (Lipinski definition) is 1. The first-order valence-corrected chi connectivity index (χ1v) is 6.07. The number of hydrogen-bond acceptors (Lipinski definition) is 4. The van der Waals surface area contributed by atoms with Gasteiger partial charge in [0.15, 0.2) is 0 Å². The van der Waals surface area contributed by atoms with Gasteiger partial charge >= 0.3 is 0 Å². The van der Waals surface area contributed by atoms with Crippen molar-refractivity contribution in [3.63, 3.8) is 0 Å². The third kappa shape index (κ3) is 5.40. The predicted molar refractivity (Wildman–Crippen MR) is 73.9 cm³/mol. The Balaban J connectivity index is 2.44. The van der Waals surface area contributed by atoms with Gasteiger partial charge in [0.2, 0.25) is 5.91 Å². The second-order valence-electron chi connectivity index (χ2n) is 4.50. The Morgan fingerprint density at radius 3 is 2.63 bits per heavy atom. The predicted octanol–water partition coefficient (Wildman–Crippen LogP) is 1.73. The van der Waals surface area contributed by atoms with Crippen molar-refractivity contribution in [2.75, 3.05) is 32.6 Å². The summed E-state index contributed by atoms with van der Waals surface area (Å²) in [4.78, 5) is 13.6. The maximum absolute atomic E-state index is 11.8. The first-order chi connectivity index (χ1) is 9.05. The number of rotatable bonds is 6. The minimum absolute atomic E-state index is 0.0845. The van der Waals surface area contributed by atoms with Gasteiger partial charge in [-0.15, -0.1) is 0 Å². The highest BCUT2D eigenvalue weighted by molar-refractivity contribution is 5.92. The van der Waals surface area contributed by atoms with Crippen molar-refractivity contribution in [1.82, 2.24) is 4.90 Å². The molecule has 0 unspecified atom stereocenters. The van der Waals surface area contributed by atoms with Crippen molar-refractivity contribution < 1.29 is 9.53 Å². The van der Waals surface area contributed by atoms with E-state index in [9.17, 15) is 4.79 Å². The van der Waals surface area contributed by atoms with Crippen LogP contribution in [0, 0.1) is 17.2 Å². The molecule has 1 N–H and O–H groups in total. The number of carbonyl (C=O) groups is 1. The molecule has 0 bridgehead atoms. The summed E-state index contributed by atoms with van der Waals surface area (Å²) in [6.07, 6.45) is 0. The molecule has 0 aliphatic carbocycles. The van der Waals surface area contributed by atoms with Crippen LogP contribution < -0.4 is 10.1 Å². The summed E-state index contributed by atoms with van der Waals surface area (Å²) in [5, 5.41) is 11.5. The summed E-state index contributed by atoms with van der Waals surface area (Å²) in [5.41, 5.74) is 0.729. The van der Waals surface area contributed by atoms with Crippen LogP contribution in [0.2, 0.25) is 0 Å². The molecule has 1 amide bonds. The van der Waals surface area contributed by atoms with E-state index in [0.717, 1.165) is 11.4 Å². The quantitative estimate of drug-likeness (QED) is 0.847. The van der Waals surface area contributed by atoms with Crippen molar-refractivity contribution in [2.24, 2.45) is 5.92 Å². The highest BCUT2D eigenvalue weighted by Crippen LogP contribution is 2.14. The second kappa shape index (κ2) is 7.39. The van der Waals surface area contributed by atoms with E-state index in [-0.39, 0.29) is 18.4 Å². The van der Waals surface area contributed by atoms with Gasteiger partial charge in [-0.2, -0.15) is 5.26 Å². The molecule has 19 heavy (non-hydrogen) atoms. The van der Waals surface area contributed by atoms with Crippen LogP contribution >= 0.6 is 0 Å². The van der Waals surface area contributed by atoms with Gasteiger partial charge in [-0.05, 0) is 38.2 Å². The molecule has 0 saturated carbocycles. The molecule has 1 aromatic rings. The van der Waals surface area contributed by atoms with Crippen LogP contribution in [-0.4, -0.2) is 38.1 Å². The number of methoxy groups -OCH3 is 1. The standard InChI is InChI=1S/C14H19N3O2/c1-11(8-15)9-17(2)10-14(18)16-12-4-6-13(19-3)7-5-12/h4-7,11H,9-10H2,1-3H3,(H,16,18)/t11-/m1/s1. The van der Waals surface area contributed by atoms with Crippen molar-refractivity contribution >= 4 is 11.6 Å². The summed E-state index contributed by atoms with van der Waals surface area (Å²) in [5.74, 6) is 0.564. The Morgan fingerprint density at radius 2 is 2.11 bits per heavy atom. The van der Waals surface area contributed by atoms with Crippen LogP contribution in [0.5, 0.6) is 5.75 Å². The first kappa shape index (κ1) is 15.0. The minimum atomic E-state index is -0.0993. The van der Waals surface area contributed by atoms with Crippen LogP contribution in [0.1, 0.15) is 6.92 Å². The lowest BCUT2D eigenvalue weighted by atomic mass is 10.2. The van der Waals surface area contributed by atoms with Gasteiger partial charge in [0.05, 0.1) is 25.6 Å². The Labute approximate surface area is 113 Å². The average Bonchev–Trinajstić information content (AvgIpc) is 2.39. The number of amides is 1.